The molecule has 1 aliphatic heterocycles. The fraction of sp³-hybridized carbons (Fsp3) is 0.471. The van der Waals surface area contributed by atoms with Gasteiger partial charge in [0.15, 0.2) is 0 Å². The first kappa shape index (κ1) is 18.0. The van der Waals surface area contributed by atoms with E-state index in [0.717, 1.165) is 27.9 Å². The zero-order valence-electron chi connectivity index (χ0n) is 12.9. The maximum Gasteiger partial charge on any atom is 0.412 e. The Morgan fingerprint density at radius 2 is 2.12 bits per heavy atom. The molecule has 0 spiro atoms. The number of nitrogens with zero attached hydrogens (tertiary/aromatic N) is 1. The Kier molecular flexibility index (Phi) is 5.72. The molecule has 0 amide bonds. The summed E-state index contributed by atoms with van der Waals surface area (Å²) >= 11 is 4.84. The molecular weight excluding hydrogens is 403 g/mol. The third-order valence-corrected chi connectivity index (χ3v) is 5.89. The van der Waals surface area contributed by atoms with Crippen LogP contribution in [-0.2, 0) is 4.74 Å². The molecule has 1 aromatic rings. The molecule has 0 radical (unpaired) electrons. The molecule has 0 bridgehead atoms. The molecule has 1 saturated heterocycles. The summed E-state index contributed by atoms with van der Waals surface area (Å²) < 4.78 is 45.2. The standard InChI is InChI=1S/C17H17BrF3NOS/c18-16-5-4-11(10-22-16)15-9-14(6-7-23-15)24-13-3-1-2-12(8-13)17(19,20)21/h3-5,8,10,14-15H,1-2,6-7,9H2. The monoisotopic (exact) mass is 419 g/mol. The van der Waals surface area contributed by atoms with Crippen LogP contribution in [0.4, 0.5) is 13.2 Å². The van der Waals surface area contributed by atoms with Crippen LogP contribution in [0.1, 0.15) is 37.4 Å². The second-order valence-corrected chi connectivity index (χ2v) is 8.04. The van der Waals surface area contributed by atoms with Crippen molar-refractivity contribution in [3.05, 3.63) is 51.1 Å². The molecule has 24 heavy (non-hydrogen) atoms. The van der Waals surface area contributed by atoms with E-state index >= 15 is 0 Å². The predicted molar refractivity (Wildman–Crippen MR) is 92.7 cm³/mol. The minimum absolute atomic E-state index is 0.0490. The quantitative estimate of drug-likeness (QED) is 0.563. The summed E-state index contributed by atoms with van der Waals surface area (Å²) in [6.07, 6.45) is 2.88. The van der Waals surface area contributed by atoms with Gasteiger partial charge in [-0.1, -0.05) is 12.1 Å². The van der Waals surface area contributed by atoms with Crippen LogP contribution in [0.5, 0.6) is 0 Å². The van der Waals surface area contributed by atoms with Crippen molar-refractivity contribution >= 4 is 27.7 Å². The third-order valence-electron chi connectivity index (χ3n) is 4.10. The zero-order valence-corrected chi connectivity index (χ0v) is 15.3. The Hall–Kier alpha value is -0.790. The van der Waals surface area contributed by atoms with Crippen molar-refractivity contribution in [3.8, 4) is 0 Å². The van der Waals surface area contributed by atoms with Gasteiger partial charge in [0.1, 0.15) is 4.60 Å². The maximum atomic E-state index is 12.9. The molecule has 2 atom stereocenters. The summed E-state index contributed by atoms with van der Waals surface area (Å²) in [5, 5.41) is 0.252. The van der Waals surface area contributed by atoms with E-state index < -0.39 is 11.7 Å². The molecule has 1 aromatic heterocycles. The molecule has 7 heteroatoms. The molecule has 0 N–H and O–H groups in total. The molecule has 130 valence electrons. The van der Waals surface area contributed by atoms with E-state index in [1.165, 1.54) is 17.8 Å². The molecule has 2 heterocycles. The van der Waals surface area contributed by atoms with Crippen LogP contribution in [0.3, 0.4) is 0 Å². The molecule has 0 saturated carbocycles. The number of halogens is 4. The van der Waals surface area contributed by atoms with Crippen LogP contribution >= 0.6 is 27.7 Å². The molecule has 1 fully saturated rings. The molecule has 2 aliphatic rings. The number of aromatic nitrogens is 1. The lowest BCUT2D eigenvalue weighted by Gasteiger charge is -2.30. The van der Waals surface area contributed by atoms with E-state index in [1.54, 1.807) is 6.20 Å². The lowest BCUT2D eigenvalue weighted by Crippen LogP contribution is -2.22. The fourth-order valence-corrected chi connectivity index (χ4v) is 4.38. The lowest BCUT2D eigenvalue weighted by atomic mass is 10.0. The summed E-state index contributed by atoms with van der Waals surface area (Å²) in [6, 6.07) is 3.84. The summed E-state index contributed by atoms with van der Waals surface area (Å²) in [7, 11) is 0. The largest absolute Gasteiger partial charge is 0.412 e. The molecule has 2 nitrogen and oxygen atoms in total. The summed E-state index contributed by atoms with van der Waals surface area (Å²) in [5.74, 6) is 0. The number of thioether (sulfide) groups is 1. The highest BCUT2D eigenvalue weighted by Gasteiger charge is 2.34. The molecule has 1 aliphatic carbocycles. The van der Waals surface area contributed by atoms with Gasteiger partial charge in [0.05, 0.1) is 6.10 Å². The average molecular weight is 420 g/mol. The van der Waals surface area contributed by atoms with Crippen LogP contribution in [0.2, 0.25) is 0 Å². The van der Waals surface area contributed by atoms with Crippen LogP contribution in [-0.4, -0.2) is 23.0 Å². The first-order chi connectivity index (χ1) is 11.4. The normalized spacial score (nSPS) is 25.2. The Bertz CT molecular complexity index is 642. The first-order valence-corrected chi connectivity index (χ1v) is 9.47. The topological polar surface area (TPSA) is 22.1 Å². The minimum atomic E-state index is -4.22. The Morgan fingerprint density at radius 3 is 2.83 bits per heavy atom. The summed E-state index contributed by atoms with van der Waals surface area (Å²) in [6.45, 7) is 0.613. The number of allylic oxidation sites excluding steroid dienone is 3. The van der Waals surface area contributed by atoms with Crippen LogP contribution in [0.15, 0.2) is 45.6 Å². The van der Waals surface area contributed by atoms with Gasteiger partial charge < -0.3 is 4.74 Å². The first-order valence-electron chi connectivity index (χ1n) is 7.79. The summed E-state index contributed by atoms with van der Waals surface area (Å²) in [5.41, 5.74) is 0.584. The highest BCUT2D eigenvalue weighted by Crippen LogP contribution is 2.41. The highest BCUT2D eigenvalue weighted by molar-refractivity contribution is 9.10. The second kappa shape index (κ2) is 7.62. The van der Waals surface area contributed by atoms with Gasteiger partial charge >= 0.3 is 6.18 Å². The van der Waals surface area contributed by atoms with E-state index in [4.69, 9.17) is 4.74 Å². The molecule has 3 rings (SSSR count). The predicted octanol–water partition coefficient (Wildman–Crippen LogP) is 5.96. The van der Waals surface area contributed by atoms with Crippen LogP contribution in [0, 0.1) is 0 Å². The Labute approximate surface area is 151 Å². The molecule has 2 unspecified atom stereocenters. The number of hydrogen-bond acceptors (Lipinski definition) is 3. The van der Waals surface area contributed by atoms with Gasteiger partial charge in [-0.2, -0.15) is 13.2 Å². The van der Waals surface area contributed by atoms with Gasteiger partial charge in [0.25, 0.3) is 0 Å². The van der Waals surface area contributed by atoms with Crippen molar-refractivity contribution in [3.63, 3.8) is 0 Å². The summed E-state index contributed by atoms with van der Waals surface area (Å²) in [4.78, 5) is 4.95. The van der Waals surface area contributed by atoms with Gasteiger partial charge in [-0.15, -0.1) is 11.8 Å². The van der Waals surface area contributed by atoms with Crippen molar-refractivity contribution in [2.45, 2.75) is 43.2 Å². The van der Waals surface area contributed by atoms with E-state index in [0.29, 0.717) is 13.0 Å². The van der Waals surface area contributed by atoms with Gasteiger partial charge in [0, 0.05) is 28.5 Å². The van der Waals surface area contributed by atoms with Gasteiger partial charge in [0.2, 0.25) is 0 Å². The lowest BCUT2D eigenvalue weighted by molar-refractivity contribution is -0.0940. The van der Waals surface area contributed by atoms with Crippen molar-refractivity contribution < 1.29 is 17.9 Å². The van der Waals surface area contributed by atoms with E-state index in [-0.39, 0.29) is 17.8 Å². The minimum Gasteiger partial charge on any atom is -0.373 e. The van der Waals surface area contributed by atoms with Gasteiger partial charge in [-0.25, -0.2) is 4.98 Å². The third kappa shape index (κ3) is 4.64. The zero-order chi connectivity index (χ0) is 17.2. The van der Waals surface area contributed by atoms with Crippen molar-refractivity contribution in [1.29, 1.82) is 0 Å². The van der Waals surface area contributed by atoms with E-state index in [9.17, 15) is 13.2 Å². The maximum absolute atomic E-state index is 12.9. The van der Waals surface area contributed by atoms with Crippen LogP contribution in [0.25, 0.3) is 0 Å². The number of alkyl halides is 3. The van der Waals surface area contributed by atoms with Crippen molar-refractivity contribution in [1.82, 2.24) is 4.98 Å². The fourth-order valence-electron chi connectivity index (χ4n) is 2.85. The van der Waals surface area contributed by atoms with E-state index in [2.05, 4.69) is 20.9 Å². The van der Waals surface area contributed by atoms with Crippen molar-refractivity contribution in [2.24, 2.45) is 0 Å². The number of rotatable bonds is 3. The van der Waals surface area contributed by atoms with Crippen molar-refractivity contribution in [2.75, 3.05) is 6.61 Å². The Balaban J connectivity index is 1.64. The Morgan fingerprint density at radius 1 is 1.29 bits per heavy atom. The second-order valence-electron chi connectivity index (χ2n) is 5.85. The van der Waals surface area contributed by atoms with Crippen LogP contribution < -0.4 is 0 Å². The van der Waals surface area contributed by atoms with Gasteiger partial charge in [-0.05, 0) is 59.3 Å². The van der Waals surface area contributed by atoms with Gasteiger partial charge in [-0.3, -0.25) is 0 Å². The number of pyridine rings is 1. The molecular formula is C17H17BrF3NOS. The molecule has 0 aromatic carbocycles. The smallest absolute Gasteiger partial charge is 0.373 e. The van der Waals surface area contributed by atoms with E-state index in [1.807, 2.05) is 18.2 Å². The number of hydrogen-bond donors (Lipinski definition) is 0. The average Bonchev–Trinajstić information content (AvgIpc) is 2.55. The highest BCUT2D eigenvalue weighted by atomic mass is 79.9. The SMILES string of the molecule is FC(F)(F)C1=CC(SC2CCOC(c3ccc(Br)nc3)C2)=CCC1. The number of ether oxygens (including phenoxy) is 1.